The Morgan fingerprint density at radius 1 is 1.12 bits per heavy atom. The van der Waals surface area contributed by atoms with Gasteiger partial charge in [-0.05, 0) is 127 Å². The Morgan fingerprint density at radius 3 is 2.35 bits per heavy atom. The van der Waals surface area contributed by atoms with E-state index in [2.05, 4.69) is 59.7 Å². The Balaban J connectivity index is 1.76. The first-order valence-corrected chi connectivity index (χ1v) is 15.8. The van der Waals surface area contributed by atoms with Crippen molar-refractivity contribution in [2.75, 3.05) is 7.11 Å². The largest absolute Gasteiger partial charge is 0.511 e. The summed E-state index contributed by atoms with van der Waals surface area (Å²) < 4.78 is 5.47. The van der Waals surface area contributed by atoms with Gasteiger partial charge < -0.3 is 9.84 Å². The monoisotopic (exact) mass is 580 g/mol. The van der Waals surface area contributed by atoms with Crippen LogP contribution in [0.2, 0.25) is 0 Å². The number of Topliss-reactive ketones (excluding diaryl/α,β-unsaturated/α-hetero) is 2. The third-order valence-corrected chi connectivity index (χ3v) is 11.6. The maximum atomic E-state index is 14.2. The van der Waals surface area contributed by atoms with E-state index in [0.29, 0.717) is 18.8 Å². The molecule has 0 aromatic heterocycles. The molecule has 2 aromatic carbocycles. The van der Waals surface area contributed by atoms with E-state index >= 15 is 0 Å². The van der Waals surface area contributed by atoms with Gasteiger partial charge in [-0.2, -0.15) is 0 Å². The van der Waals surface area contributed by atoms with Gasteiger partial charge in [-0.25, -0.2) is 0 Å². The molecule has 3 aliphatic rings. The molecule has 3 aliphatic carbocycles. The van der Waals surface area contributed by atoms with Gasteiger partial charge in [-0.15, -0.1) is 0 Å². The number of hydrogen-bond acceptors (Lipinski definition) is 4. The maximum absolute atomic E-state index is 14.2. The highest BCUT2D eigenvalue weighted by Crippen LogP contribution is 2.68. The smallest absolute Gasteiger partial charge is 0.180 e. The molecule has 0 bridgehead atoms. The fourth-order valence-electron chi connectivity index (χ4n) is 8.80. The second-order valence-electron chi connectivity index (χ2n) is 14.3. The molecule has 43 heavy (non-hydrogen) atoms. The number of aliphatic hydroxyl groups is 1. The number of aliphatic hydroxyl groups excluding tert-OH is 1. The first-order valence-electron chi connectivity index (χ1n) is 15.8. The molecule has 0 spiro atoms. The molecule has 2 aromatic rings. The van der Waals surface area contributed by atoms with Crippen LogP contribution in [0.5, 0.6) is 5.75 Å². The minimum atomic E-state index is -0.906. The summed E-state index contributed by atoms with van der Waals surface area (Å²) >= 11 is 0. The summed E-state index contributed by atoms with van der Waals surface area (Å²) in [4.78, 5) is 26.7. The summed E-state index contributed by atoms with van der Waals surface area (Å²) in [6.45, 7) is 21.5. The molecular weight excluding hydrogens is 532 g/mol. The van der Waals surface area contributed by atoms with Crippen molar-refractivity contribution in [1.82, 2.24) is 0 Å². The average Bonchev–Trinajstić information content (AvgIpc) is 2.94. The normalized spacial score (nSPS) is 27.5. The topological polar surface area (TPSA) is 63.6 Å². The van der Waals surface area contributed by atoms with Crippen molar-refractivity contribution in [3.05, 3.63) is 81.6 Å². The van der Waals surface area contributed by atoms with Crippen molar-refractivity contribution in [2.45, 2.75) is 93.9 Å². The molecule has 0 fully saturated rings. The lowest BCUT2D eigenvalue weighted by molar-refractivity contribution is -0.135. The van der Waals surface area contributed by atoms with Gasteiger partial charge in [0.25, 0.3) is 0 Å². The van der Waals surface area contributed by atoms with E-state index in [-0.39, 0.29) is 28.3 Å². The molecule has 4 heteroatoms. The molecule has 0 aliphatic heterocycles. The molecule has 0 heterocycles. The van der Waals surface area contributed by atoms with Crippen molar-refractivity contribution < 1.29 is 19.4 Å². The van der Waals surface area contributed by atoms with E-state index in [9.17, 15) is 14.7 Å². The Morgan fingerprint density at radius 2 is 1.77 bits per heavy atom. The minimum absolute atomic E-state index is 0.0318. The number of aryl methyl sites for hydroxylation is 1. The summed E-state index contributed by atoms with van der Waals surface area (Å²) in [6, 6.07) is 10.8. The quantitative estimate of drug-likeness (QED) is 0.332. The van der Waals surface area contributed by atoms with Crippen molar-refractivity contribution in [2.24, 2.45) is 22.2 Å². The van der Waals surface area contributed by atoms with Crippen LogP contribution < -0.4 is 4.74 Å². The van der Waals surface area contributed by atoms with Crippen molar-refractivity contribution in [3.63, 3.8) is 0 Å². The number of benzene rings is 2. The van der Waals surface area contributed by atoms with Crippen LogP contribution in [0.1, 0.15) is 96.4 Å². The molecule has 4 nitrogen and oxygen atoms in total. The highest BCUT2D eigenvalue weighted by molar-refractivity contribution is 6.23. The first-order chi connectivity index (χ1) is 20.1. The van der Waals surface area contributed by atoms with Crippen LogP contribution in [0.3, 0.4) is 0 Å². The van der Waals surface area contributed by atoms with E-state index in [0.717, 1.165) is 53.7 Å². The number of hydrogen-bond donors (Lipinski definition) is 1. The van der Waals surface area contributed by atoms with Gasteiger partial charge in [0.05, 0.1) is 18.1 Å². The van der Waals surface area contributed by atoms with Gasteiger partial charge in [0.15, 0.2) is 11.6 Å². The number of carbonyl (C=O) groups excluding carboxylic acids is 2. The van der Waals surface area contributed by atoms with Gasteiger partial charge >= 0.3 is 0 Å². The Labute approximate surface area is 257 Å². The van der Waals surface area contributed by atoms with Crippen molar-refractivity contribution >= 4 is 17.1 Å². The lowest BCUT2D eigenvalue weighted by atomic mass is 9.42. The molecule has 0 saturated carbocycles. The first kappa shape index (κ1) is 31.0. The van der Waals surface area contributed by atoms with Crippen molar-refractivity contribution in [1.29, 1.82) is 0 Å². The van der Waals surface area contributed by atoms with Crippen LogP contribution in [-0.4, -0.2) is 23.8 Å². The summed E-state index contributed by atoms with van der Waals surface area (Å²) in [5, 5.41) is 11.0. The highest BCUT2D eigenvalue weighted by Gasteiger charge is 2.63. The van der Waals surface area contributed by atoms with E-state index in [1.165, 1.54) is 34.7 Å². The van der Waals surface area contributed by atoms with Crippen LogP contribution in [-0.2, 0) is 22.4 Å². The Bertz CT molecular complexity index is 1600. The molecule has 0 radical (unpaired) electrons. The molecule has 5 rings (SSSR count). The van der Waals surface area contributed by atoms with Crippen LogP contribution >= 0.6 is 0 Å². The lowest BCUT2D eigenvalue weighted by Crippen LogP contribution is -2.56. The van der Waals surface area contributed by atoms with Crippen LogP contribution in [0.15, 0.2) is 59.4 Å². The summed E-state index contributed by atoms with van der Waals surface area (Å²) in [5.41, 5.74) is 8.91. The average molecular weight is 581 g/mol. The van der Waals surface area contributed by atoms with Crippen LogP contribution in [0, 0.1) is 29.1 Å². The summed E-state index contributed by atoms with van der Waals surface area (Å²) in [6.07, 6.45) is 5.11. The predicted octanol–water partition coefficient (Wildman–Crippen LogP) is 9.33. The highest BCUT2D eigenvalue weighted by atomic mass is 16.5. The standard InChI is InChI=1S/C39H48O4/c1-11-22(2)12-13-28-18-30(27-14-16-29(43-10)17-15-27)31-19-37(7)21-38(8)20-32(41)34(26(6)40)36(42)39(38,9)25(5)35(37)24(4)33(31)23(28)3/h14-18,22,41H,4,11-13,19-21H2,1-3,5-10H3/t22?,37-,38+,39+/m1/s1. The number of ether oxygens (including phenoxy) is 1. The zero-order valence-corrected chi connectivity index (χ0v) is 27.6. The zero-order valence-electron chi connectivity index (χ0n) is 27.6. The number of carbonyl (C=O) groups is 2. The lowest BCUT2D eigenvalue weighted by Gasteiger charge is -2.59. The molecular formula is C39H48O4. The predicted molar refractivity (Wildman–Crippen MR) is 175 cm³/mol. The number of fused-ring (bicyclic) bond motifs is 3. The Kier molecular flexibility index (Phi) is 7.68. The van der Waals surface area contributed by atoms with Gasteiger partial charge in [-0.3, -0.25) is 9.59 Å². The summed E-state index contributed by atoms with van der Waals surface area (Å²) in [7, 11) is 1.69. The molecule has 0 saturated heterocycles. The van der Waals surface area contributed by atoms with Crippen LogP contribution in [0.4, 0.5) is 0 Å². The van der Waals surface area contributed by atoms with Crippen LogP contribution in [0.25, 0.3) is 16.7 Å². The number of ketones is 2. The Hall–Kier alpha value is -3.40. The third-order valence-electron chi connectivity index (χ3n) is 11.6. The van der Waals surface area contributed by atoms with Crippen molar-refractivity contribution in [3.8, 4) is 16.9 Å². The molecule has 1 N–H and O–H groups in total. The van der Waals surface area contributed by atoms with E-state index in [4.69, 9.17) is 11.3 Å². The van der Waals surface area contributed by atoms with E-state index < -0.39 is 10.8 Å². The van der Waals surface area contributed by atoms with Gasteiger partial charge in [0.2, 0.25) is 0 Å². The fraction of sp³-hybridized carbons (Fsp3) is 0.487. The zero-order chi connectivity index (χ0) is 31.6. The second-order valence-corrected chi connectivity index (χ2v) is 14.3. The maximum Gasteiger partial charge on any atom is 0.180 e. The molecule has 4 atom stereocenters. The number of rotatable bonds is 7. The number of allylic oxidation sites excluding steroid dienone is 5. The third kappa shape index (κ3) is 4.55. The fourth-order valence-corrected chi connectivity index (χ4v) is 8.80. The summed E-state index contributed by atoms with van der Waals surface area (Å²) in [5.74, 6) is 0.793. The SMILES string of the molecule is C=C1C2=C(C)[C@@]3(C)C(=O)C(C(C)=O)=C(O)C[C@@]3(C)C[C@@]2(C)Cc2c(-c3ccc(OC)cc3)cc(CCC(C)CC)c(C)c21. The van der Waals surface area contributed by atoms with E-state index in [1.54, 1.807) is 7.11 Å². The van der Waals surface area contributed by atoms with E-state index in [1.807, 2.05) is 19.1 Å². The van der Waals surface area contributed by atoms with Gasteiger partial charge in [-0.1, -0.05) is 64.5 Å². The number of methoxy groups -OCH3 is 1. The second kappa shape index (κ2) is 10.6. The molecule has 228 valence electrons. The molecule has 0 amide bonds. The molecule has 1 unspecified atom stereocenters. The van der Waals surface area contributed by atoms with Gasteiger partial charge in [0, 0.05) is 6.42 Å². The van der Waals surface area contributed by atoms with Gasteiger partial charge in [0.1, 0.15) is 11.5 Å². The minimum Gasteiger partial charge on any atom is -0.511 e.